The minimum atomic E-state index is 0.950. The summed E-state index contributed by atoms with van der Waals surface area (Å²) in [4.78, 5) is 9.92. The van der Waals surface area contributed by atoms with Crippen molar-refractivity contribution in [1.82, 2.24) is 14.4 Å². The molecule has 3 heteroatoms. The van der Waals surface area contributed by atoms with Crippen molar-refractivity contribution in [3.8, 4) is 22.3 Å². The average molecular weight is 446 g/mol. The molecule has 0 radical (unpaired) electrons. The fraction of sp³-hybridized carbons (Fsp3) is 0.0625. The summed E-state index contributed by atoms with van der Waals surface area (Å²) in [6.45, 7) is 0. The van der Waals surface area contributed by atoms with Gasteiger partial charge in [-0.15, -0.1) is 0 Å². The van der Waals surface area contributed by atoms with Gasteiger partial charge in [-0.2, -0.15) is 0 Å². The first kappa shape index (κ1) is 17.9. The maximum atomic E-state index is 5.07. The normalized spacial score (nSPS) is 13.5. The molecule has 3 aromatic heterocycles. The zero-order chi connectivity index (χ0) is 22.7. The summed E-state index contributed by atoms with van der Waals surface area (Å²) in [6, 6.07) is 31.0. The standard InChI is InChI=1S/C32H19N3/c1-2-7-21-18(6-1)14-19-15-20-16-27-22(26(20)17-25(19)21)11-12-24-30(27)23-8-5-13-33-31(23)35-29-10-4-3-9-28(29)34-32(24)35/h1-13,15,17H,14,16H2. The van der Waals surface area contributed by atoms with Gasteiger partial charge in [0.25, 0.3) is 0 Å². The largest absolute Gasteiger partial charge is 0.276 e. The summed E-state index contributed by atoms with van der Waals surface area (Å²) in [6.07, 6.45) is 3.87. The number of benzene rings is 4. The first-order chi connectivity index (χ1) is 17.3. The lowest BCUT2D eigenvalue weighted by atomic mass is 9.96. The lowest BCUT2D eigenvalue weighted by Gasteiger charge is -2.12. The van der Waals surface area contributed by atoms with E-state index in [4.69, 9.17) is 9.97 Å². The van der Waals surface area contributed by atoms with Crippen LogP contribution in [0.2, 0.25) is 0 Å². The molecule has 0 amide bonds. The molecule has 0 fully saturated rings. The maximum Gasteiger partial charge on any atom is 0.147 e. The highest BCUT2D eigenvalue weighted by Crippen LogP contribution is 2.48. The predicted molar refractivity (Wildman–Crippen MR) is 142 cm³/mol. The lowest BCUT2D eigenvalue weighted by Crippen LogP contribution is -1.96. The third-order valence-corrected chi connectivity index (χ3v) is 8.06. The number of pyridine rings is 2. The van der Waals surface area contributed by atoms with Crippen LogP contribution in [0.15, 0.2) is 91.1 Å². The third-order valence-electron chi connectivity index (χ3n) is 8.06. The molecule has 162 valence electrons. The highest BCUT2D eigenvalue weighted by atomic mass is 15.1. The number of nitrogens with zero attached hydrogens (tertiary/aromatic N) is 3. The molecular weight excluding hydrogens is 426 g/mol. The molecule has 0 spiro atoms. The molecule has 7 aromatic rings. The van der Waals surface area contributed by atoms with Crippen molar-refractivity contribution in [3.05, 3.63) is 113 Å². The Hall–Kier alpha value is -4.50. The van der Waals surface area contributed by atoms with Crippen molar-refractivity contribution in [2.75, 3.05) is 0 Å². The van der Waals surface area contributed by atoms with Crippen molar-refractivity contribution in [2.24, 2.45) is 0 Å². The van der Waals surface area contributed by atoms with Gasteiger partial charge in [0, 0.05) is 22.4 Å². The van der Waals surface area contributed by atoms with Crippen LogP contribution < -0.4 is 0 Å². The first-order valence-electron chi connectivity index (χ1n) is 12.2. The van der Waals surface area contributed by atoms with E-state index in [-0.39, 0.29) is 0 Å². The topological polar surface area (TPSA) is 30.2 Å². The van der Waals surface area contributed by atoms with E-state index in [0.717, 1.165) is 35.2 Å². The van der Waals surface area contributed by atoms with Gasteiger partial charge in [0.1, 0.15) is 11.3 Å². The summed E-state index contributed by atoms with van der Waals surface area (Å²) in [5, 5.41) is 3.69. The van der Waals surface area contributed by atoms with Gasteiger partial charge in [-0.25, -0.2) is 9.97 Å². The van der Waals surface area contributed by atoms with Gasteiger partial charge >= 0.3 is 0 Å². The SMILES string of the molecule is c1ccc2c(c1)Cc1cc3c(cc1-2)-c1ccc2c(c1C3)c1cccnc1n1c3ccccc3nc21. The predicted octanol–water partition coefficient (Wildman–Crippen LogP) is 7.33. The van der Waals surface area contributed by atoms with Gasteiger partial charge < -0.3 is 0 Å². The minimum absolute atomic E-state index is 0.950. The molecule has 0 bridgehead atoms. The van der Waals surface area contributed by atoms with E-state index in [1.54, 1.807) is 0 Å². The molecule has 0 aliphatic heterocycles. The minimum Gasteiger partial charge on any atom is -0.276 e. The second-order valence-corrected chi connectivity index (χ2v) is 9.83. The Morgan fingerprint density at radius 1 is 0.600 bits per heavy atom. The summed E-state index contributed by atoms with van der Waals surface area (Å²) in [5.41, 5.74) is 15.3. The highest BCUT2D eigenvalue weighted by Gasteiger charge is 2.28. The molecular formula is C32H19N3. The Bertz CT molecular complexity index is 2060. The van der Waals surface area contributed by atoms with Crippen molar-refractivity contribution < 1.29 is 0 Å². The monoisotopic (exact) mass is 445 g/mol. The maximum absolute atomic E-state index is 5.07. The Kier molecular flexibility index (Phi) is 3.14. The molecule has 35 heavy (non-hydrogen) atoms. The van der Waals surface area contributed by atoms with E-state index >= 15 is 0 Å². The summed E-state index contributed by atoms with van der Waals surface area (Å²) < 4.78 is 2.23. The number of rotatable bonds is 0. The Morgan fingerprint density at radius 3 is 2.43 bits per heavy atom. The molecule has 0 N–H and O–H groups in total. The van der Waals surface area contributed by atoms with Crippen LogP contribution in [0.5, 0.6) is 0 Å². The molecule has 4 aromatic carbocycles. The Labute approximate surface area is 201 Å². The van der Waals surface area contributed by atoms with Crippen LogP contribution in [0.4, 0.5) is 0 Å². The van der Waals surface area contributed by atoms with E-state index in [1.165, 1.54) is 60.7 Å². The average Bonchev–Trinajstić information content (AvgIpc) is 3.58. The van der Waals surface area contributed by atoms with Gasteiger partial charge in [0.2, 0.25) is 0 Å². The lowest BCUT2D eigenvalue weighted by molar-refractivity contribution is 1.21. The molecule has 0 saturated heterocycles. The van der Waals surface area contributed by atoms with E-state index in [9.17, 15) is 0 Å². The third kappa shape index (κ3) is 2.17. The summed E-state index contributed by atoms with van der Waals surface area (Å²) in [7, 11) is 0. The van der Waals surface area contributed by atoms with Gasteiger partial charge in [-0.05, 0) is 93.7 Å². The number of hydrogen-bond acceptors (Lipinski definition) is 2. The first-order valence-corrected chi connectivity index (χ1v) is 12.2. The molecule has 9 rings (SSSR count). The number of fused-ring (bicyclic) bond motifs is 15. The second kappa shape index (κ2) is 6.13. The molecule has 0 atom stereocenters. The second-order valence-electron chi connectivity index (χ2n) is 9.83. The van der Waals surface area contributed by atoms with Crippen LogP contribution in [0.3, 0.4) is 0 Å². The van der Waals surface area contributed by atoms with Crippen LogP contribution in [-0.2, 0) is 12.8 Å². The fourth-order valence-electron chi connectivity index (χ4n) is 6.59. The zero-order valence-corrected chi connectivity index (χ0v) is 18.9. The number of aromatic nitrogens is 3. The molecule has 0 unspecified atom stereocenters. The van der Waals surface area contributed by atoms with E-state index < -0.39 is 0 Å². The van der Waals surface area contributed by atoms with Crippen LogP contribution in [0.25, 0.3) is 60.7 Å². The van der Waals surface area contributed by atoms with Crippen molar-refractivity contribution in [2.45, 2.75) is 12.8 Å². The number of imidazole rings is 1. The highest BCUT2D eigenvalue weighted by molar-refractivity contribution is 6.16. The van der Waals surface area contributed by atoms with Gasteiger partial charge in [-0.1, -0.05) is 48.5 Å². The van der Waals surface area contributed by atoms with Gasteiger partial charge in [0.05, 0.1) is 11.0 Å². The number of hydrogen-bond donors (Lipinski definition) is 0. The fourth-order valence-corrected chi connectivity index (χ4v) is 6.59. The van der Waals surface area contributed by atoms with E-state index in [2.05, 4.69) is 89.3 Å². The molecule has 3 nitrogen and oxygen atoms in total. The van der Waals surface area contributed by atoms with Crippen molar-refractivity contribution in [3.63, 3.8) is 0 Å². The Balaban J connectivity index is 1.40. The summed E-state index contributed by atoms with van der Waals surface area (Å²) >= 11 is 0. The van der Waals surface area contributed by atoms with Crippen LogP contribution in [0, 0.1) is 0 Å². The van der Waals surface area contributed by atoms with Gasteiger partial charge in [0.15, 0.2) is 0 Å². The van der Waals surface area contributed by atoms with E-state index in [0.29, 0.717) is 0 Å². The smallest absolute Gasteiger partial charge is 0.147 e. The Morgan fingerprint density at radius 2 is 1.43 bits per heavy atom. The van der Waals surface area contributed by atoms with Crippen LogP contribution in [0.1, 0.15) is 22.3 Å². The van der Waals surface area contributed by atoms with E-state index in [1.807, 2.05) is 6.20 Å². The summed E-state index contributed by atoms with van der Waals surface area (Å²) in [5.74, 6) is 0. The quantitative estimate of drug-likeness (QED) is 0.229. The molecule has 2 aliphatic rings. The van der Waals surface area contributed by atoms with Crippen molar-refractivity contribution in [1.29, 1.82) is 0 Å². The molecule has 0 saturated carbocycles. The molecule has 2 aliphatic carbocycles. The number of para-hydroxylation sites is 2. The van der Waals surface area contributed by atoms with Crippen molar-refractivity contribution >= 4 is 38.5 Å². The van der Waals surface area contributed by atoms with Gasteiger partial charge in [-0.3, -0.25) is 4.40 Å². The zero-order valence-electron chi connectivity index (χ0n) is 18.9. The molecule has 3 heterocycles. The van der Waals surface area contributed by atoms with Crippen LogP contribution in [-0.4, -0.2) is 14.4 Å². The van der Waals surface area contributed by atoms with Crippen LogP contribution >= 0.6 is 0 Å².